The van der Waals surface area contributed by atoms with E-state index in [1.807, 2.05) is 45.3 Å². The number of aromatic amines is 1. The van der Waals surface area contributed by atoms with E-state index in [-0.39, 0.29) is 18.1 Å². The summed E-state index contributed by atoms with van der Waals surface area (Å²) in [4.78, 5) is 32.3. The Balaban J connectivity index is 1.83. The lowest BCUT2D eigenvalue weighted by Crippen LogP contribution is -2.37. The third kappa shape index (κ3) is 5.84. The molecule has 3 aromatic rings. The van der Waals surface area contributed by atoms with Gasteiger partial charge in [-0.15, -0.1) is 0 Å². The number of aryl methyl sites for hydroxylation is 1. The summed E-state index contributed by atoms with van der Waals surface area (Å²) in [6.07, 6.45) is 0.792. The minimum absolute atomic E-state index is 0.179. The molecule has 6 nitrogen and oxygen atoms in total. The van der Waals surface area contributed by atoms with Crippen molar-refractivity contribution in [2.24, 2.45) is 0 Å². The predicted octanol–water partition coefficient (Wildman–Crippen LogP) is 4.48. The monoisotopic (exact) mass is 426 g/mol. The fraction of sp³-hybridized carbons (Fsp3) is 0.304. The summed E-state index contributed by atoms with van der Waals surface area (Å²) in [5, 5.41) is 4.37. The molecule has 0 radical (unpaired) electrons. The van der Waals surface area contributed by atoms with Gasteiger partial charge in [-0.3, -0.25) is 4.79 Å². The number of fused-ring (bicyclic) bond motifs is 1. The molecular formula is C23H27ClN4O2. The van der Waals surface area contributed by atoms with E-state index in [0.29, 0.717) is 22.8 Å². The molecule has 0 bridgehead atoms. The van der Waals surface area contributed by atoms with E-state index in [2.05, 4.69) is 15.2 Å². The molecule has 0 spiro atoms. The molecule has 0 saturated heterocycles. The average Bonchev–Trinajstić information content (AvgIpc) is 2.67. The first kappa shape index (κ1) is 21.9. The van der Waals surface area contributed by atoms with E-state index < -0.39 is 0 Å². The van der Waals surface area contributed by atoms with Crippen LogP contribution in [0.25, 0.3) is 10.9 Å². The Hall–Kier alpha value is -2.83. The summed E-state index contributed by atoms with van der Waals surface area (Å²) in [5.41, 5.74) is 2.87. The van der Waals surface area contributed by atoms with Crippen molar-refractivity contribution in [1.82, 2.24) is 14.8 Å². The molecular weight excluding hydrogens is 400 g/mol. The number of rotatable bonds is 7. The number of pyridine rings is 1. The molecule has 2 aromatic carbocycles. The van der Waals surface area contributed by atoms with Crippen molar-refractivity contribution >= 4 is 34.2 Å². The largest absolute Gasteiger partial charge is 0.322 e. The van der Waals surface area contributed by atoms with Gasteiger partial charge in [0.25, 0.3) is 5.56 Å². The average molecular weight is 427 g/mol. The number of nitrogens with zero attached hydrogens (tertiary/aromatic N) is 2. The van der Waals surface area contributed by atoms with Crippen LogP contribution in [-0.2, 0) is 6.54 Å². The second-order valence-corrected chi connectivity index (χ2v) is 8.17. The fourth-order valence-corrected chi connectivity index (χ4v) is 3.47. The van der Waals surface area contributed by atoms with Crippen molar-refractivity contribution < 1.29 is 4.79 Å². The van der Waals surface area contributed by atoms with Crippen molar-refractivity contribution in [1.29, 1.82) is 0 Å². The summed E-state index contributed by atoms with van der Waals surface area (Å²) in [6.45, 7) is 3.57. The Labute approximate surface area is 181 Å². The summed E-state index contributed by atoms with van der Waals surface area (Å²) < 4.78 is 0. The van der Waals surface area contributed by atoms with E-state index in [0.717, 1.165) is 29.4 Å². The van der Waals surface area contributed by atoms with E-state index in [4.69, 9.17) is 11.6 Å². The Morgan fingerprint density at radius 1 is 1.10 bits per heavy atom. The fourth-order valence-electron chi connectivity index (χ4n) is 3.28. The molecule has 2 N–H and O–H groups in total. The molecule has 1 heterocycles. The molecule has 0 atom stereocenters. The number of carbonyl (C=O) groups is 1. The van der Waals surface area contributed by atoms with Gasteiger partial charge < -0.3 is 20.1 Å². The zero-order valence-corrected chi connectivity index (χ0v) is 18.3. The Morgan fingerprint density at radius 3 is 2.63 bits per heavy atom. The van der Waals surface area contributed by atoms with Gasteiger partial charge in [0, 0.05) is 28.3 Å². The highest BCUT2D eigenvalue weighted by molar-refractivity contribution is 6.30. The maximum atomic E-state index is 13.0. The topological polar surface area (TPSA) is 68.4 Å². The maximum absolute atomic E-state index is 13.0. The molecule has 0 aliphatic heterocycles. The van der Waals surface area contributed by atoms with Crippen LogP contribution < -0.4 is 10.9 Å². The number of aromatic nitrogens is 1. The lowest BCUT2D eigenvalue weighted by molar-refractivity contribution is 0.205. The quantitative estimate of drug-likeness (QED) is 0.585. The number of urea groups is 1. The zero-order chi connectivity index (χ0) is 21.7. The molecule has 2 amide bonds. The van der Waals surface area contributed by atoms with Crippen molar-refractivity contribution in [2.45, 2.75) is 19.9 Å². The number of benzene rings is 2. The molecule has 3 rings (SSSR count). The maximum Gasteiger partial charge on any atom is 0.322 e. The standard InChI is InChI=1S/C23H27ClN4O2/c1-16-8-9-17-13-18(22(29)26-21(17)12-16)15-28(11-5-10-27(2)3)23(30)25-20-7-4-6-19(24)14-20/h4,6-9,12-14H,5,10-11,15H2,1-3H3,(H,25,30)(H,26,29). The van der Waals surface area contributed by atoms with E-state index in [9.17, 15) is 9.59 Å². The van der Waals surface area contributed by atoms with Gasteiger partial charge in [0.15, 0.2) is 0 Å². The summed E-state index contributed by atoms with van der Waals surface area (Å²) >= 11 is 6.03. The Kier molecular flexibility index (Phi) is 7.13. The Morgan fingerprint density at radius 2 is 1.90 bits per heavy atom. The molecule has 1 aromatic heterocycles. The molecule has 30 heavy (non-hydrogen) atoms. The lowest BCUT2D eigenvalue weighted by Gasteiger charge is -2.24. The van der Waals surface area contributed by atoms with Gasteiger partial charge in [-0.1, -0.05) is 29.8 Å². The first-order chi connectivity index (χ1) is 14.3. The van der Waals surface area contributed by atoms with Crippen molar-refractivity contribution in [3.05, 3.63) is 75.0 Å². The van der Waals surface area contributed by atoms with Gasteiger partial charge in [0.05, 0.1) is 6.54 Å². The molecule has 0 unspecified atom stereocenters. The lowest BCUT2D eigenvalue weighted by atomic mass is 10.1. The normalized spacial score (nSPS) is 11.1. The number of nitrogens with one attached hydrogen (secondary N) is 2. The van der Waals surface area contributed by atoms with Gasteiger partial charge in [0.2, 0.25) is 0 Å². The molecule has 0 saturated carbocycles. The first-order valence-corrected chi connectivity index (χ1v) is 10.3. The minimum Gasteiger partial charge on any atom is -0.322 e. The van der Waals surface area contributed by atoms with Crippen LogP contribution in [0, 0.1) is 6.92 Å². The Bertz CT molecular complexity index is 1090. The highest BCUT2D eigenvalue weighted by Gasteiger charge is 2.16. The number of amides is 2. The second-order valence-electron chi connectivity index (χ2n) is 7.73. The number of hydrogen-bond donors (Lipinski definition) is 2. The molecule has 0 aliphatic rings. The SMILES string of the molecule is Cc1ccc2cc(CN(CCCN(C)C)C(=O)Nc3cccc(Cl)c3)c(=O)[nH]c2c1. The zero-order valence-electron chi connectivity index (χ0n) is 17.5. The molecule has 0 fully saturated rings. The van der Waals surface area contributed by atoms with Crippen LogP contribution in [0.3, 0.4) is 0 Å². The van der Waals surface area contributed by atoms with Crippen LogP contribution in [0.4, 0.5) is 10.5 Å². The van der Waals surface area contributed by atoms with E-state index in [1.54, 1.807) is 29.2 Å². The van der Waals surface area contributed by atoms with E-state index >= 15 is 0 Å². The second kappa shape index (κ2) is 9.78. The van der Waals surface area contributed by atoms with Crippen LogP contribution in [-0.4, -0.2) is 48.0 Å². The molecule has 0 aliphatic carbocycles. The van der Waals surface area contributed by atoms with E-state index in [1.165, 1.54) is 0 Å². The molecule has 7 heteroatoms. The number of carbonyl (C=O) groups excluding carboxylic acids is 1. The molecule has 158 valence electrons. The van der Waals surface area contributed by atoms with Crippen LogP contribution in [0.5, 0.6) is 0 Å². The van der Waals surface area contributed by atoms with Gasteiger partial charge in [0.1, 0.15) is 0 Å². The summed E-state index contributed by atoms with van der Waals surface area (Å²) in [6, 6.07) is 14.5. The number of anilines is 1. The predicted molar refractivity (Wildman–Crippen MR) is 123 cm³/mol. The number of H-pyrrole nitrogens is 1. The highest BCUT2D eigenvalue weighted by Crippen LogP contribution is 2.17. The smallest absolute Gasteiger partial charge is 0.322 e. The van der Waals surface area contributed by atoms with Gasteiger partial charge in [-0.05, 0) is 75.3 Å². The van der Waals surface area contributed by atoms with Gasteiger partial charge in [-0.25, -0.2) is 4.79 Å². The van der Waals surface area contributed by atoms with Crippen LogP contribution >= 0.6 is 11.6 Å². The first-order valence-electron chi connectivity index (χ1n) is 9.90. The van der Waals surface area contributed by atoms with Crippen molar-refractivity contribution in [2.75, 3.05) is 32.5 Å². The minimum atomic E-state index is -0.264. The van der Waals surface area contributed by atoms with Crippen LogP contribution in [0.2, 0.25) is 5.02 Å². The van der Waals surface area contributed by atoms with Crippen LogP contribution in [0.1, 0.15) is 17.5 Å². The summed E-state index contributed by atoms with van der Waals surface area (Å²) in [7, 11) is 3.98. The third-order valence-corrected chi connectivity index (χ3v) is 5.07. The van der Waals surface area contributed by atoms with Gasteiger partial charge >= 0.3 is 6.03 Å². The number of halogens is 1. The van der Waals surface area contributed by atoms with Crippen LogP contribution in [0.15, 0.2) is 53.3 Å². The van der Waals surface area contributed by atoms with Crippen molar-refractivity contribution in [3.8, 4) is 0 Å². The summed E-state index contributed by atoms with van der Waals surface area (Å²) in [5.74, 6) is 0. The van der Waals surface area contributed by atoms with Crippen molar-refractivity contribution in [3.63, 3.8) is 0 Å². The highest BCUT2D eigenvalue weighted by atomic mass is 35.5. The van der Waals surface area contributed by atoms with Gasteiger partial charge in [-0.2, -0.15) is 0 Å². The number of hydrogen-bond acceptors (Lipinski definition) is 3. The third-order valence-electron chi connectivity index (χ3n) is 4.84.